The summed E-state index contributed by atoms with van der Waals surface area (Å²) in [4.78, 5) is 12.3. The summed E-state index contributed by atoms with van der Waals surface area (Å²) in [5, 5.41) is 3.29. The van der Waals surface area contributed by atoms with Crippen molar-refractivity contribution in [2.75, 3.05) is 12.4 Å². The van der Waals surface area contributed by atoms with Crippen molar-refractivity contribution in [2.24, 2.45) is 0 Å². The molecule has 1 atom stereocenters. The first-order chi connectivity index (χ1) is 10.1. The van der Waals surface area contributed by atoms with E-state index in [1.165, 1.54) is 12.7 Å². The molecule has 0 aliphatic heterocycles. The van der Waals surface area contributed by atoms with E-state index in [1.807, 2.05) is 61.5 Å². The number of carbonyl (C=O) groups excluding carboxylic acids is 1. The van der Waals surface area contributed by atoms with Gasteiger partial charge in [0.25, 0.3) is 0 Å². The summed E-state index contributed by atoms with van der Waals surface area (Å²) in [6.45, 7) is 3.95. The molecule has 3 nitrogen and oxygen atoms in total. The third-order valence-corrected chi connectivity index (χ3v) is 3.70. The van der Waals surface area contributed by atoms with Crippen LogP contribution < -0.4 is 5.32 Å². The fraction of sp³-hybridized carbons (Fsp3) is 0.278. The Kier molecular flexibility index (Phi) is 4.63. The van der Waals surface area contributed by atoms with E-state index in [0.717, 1.165) is 17.7 Å². The highest BCUT2D eigenvalue weighted by Crippen LogP contribution is 2.28. The number of methoxy groups -OCH3 is 1. The molecule has 0 saturated heterocycles. The van der Waals surface area contributed by atoms with E-state index in [9.17, 15) is 4.79 Å². The standard InChI is InChI=1S/C18H21NO2/c1-4-14-10-12-15(13-11-14)18(2,17(20)21-3)19-16-8-6-5-7-9-16/h5-13,19H,4H2,1-3H3. The Morgan fingerprint density at radius 2 is 1.71 bits per heavy atom. The lowest BCUT2D eigenvalue weighted by atomic mass is 9.90. The molecule has 0 aliphatic carbocycles. The summed E-state index contributed by atoms with van der Waals surface area (Å²) in [6, 6.07) is 17.7. The maximum absolute atomic E-state index is 12.3. The van der Waals surface area contributed by atoms with Crippen molar-refractivity contribution in [2.45, 2.75) is 25.8 Å². The van der Waals surface area contributed by atoms with Gasteiger partial charge in [-0.15, -0.1) is 0 Å². The van der Waals surface area contributed by atoms with E-state index in [1.54, 1.807) is 0 Å². The molecule has 1 N–H and O–H groups in total. The molecule has 0 aromatic heterocycles. The monoisotopic (exact) mass is 283 g/mol. The summed E-state index contributed by atoms with van der Waals surface area (Å²) < 4.78 is 5.00. The SMILES string of the molecule is CCc1ccc(C(C)(Nc2ccccc2)C(=O)OC)cc1. The smallest absolute Gasteiger partial charge is 0.335 e. The van der Waals surface area contributed by atoms with Crippen LogP contribution in [-0.2, 0) is 21.5 Å². The summed E-state index contributed by atoms with van der Waals surface area (Å²) in [6.07, 6.45) is 0.974. The molecule has 110 valence electrons. The van der Waals surface area contributed by atoms with Crippen molar-refractivity contribution in [1.29, 1.82) is 0 Å². The quantitative estimate of drug-likeness (QED) is 0.849. The highest BCUT2D eigenvalue weighted by Gasteiger charge is 2.36. The molecule has 0 saturated carbocycles. The molecule has 1 unspecified atom stereocenters. The van der Waals surface area contributed by atoms with Crippen LogP contribution in [0.4, 0.5) is 5.69 Å². The molecule has 21 heavy (non-hydrogen) atoms. The lowest BCUT2D eigenvalue weighted by Crippen LogP contribution is -2.41. The first-order valence-electron chi connectivity index (χ1n) is 7.11. The second kappa shape index (κ2) is 6.44. The molecular formula is C18H21NO2. The van der Waals surface area contributed by atoms with Gasteiger partial charge in [-0.1, -0.05) is 49.4 Å². The van der Waals surface area contributed by atoms with Crippen LogP contribution in [0.25, 0.3) is 0 Å². The summed E-state index contributed by atoms with van der Waals surface area (Å²) in [7, 11) is 1.41. The van der Waals surface area contributed by atoms with Crippen molar-refractivity contribution >= 4 is 11.7 Å². The van der Waals surface area contributed by atoms with Gasteiger partial charge in [0.1, 0.15) is 0 Å². The Balaban J connectivity index is 2.38. The summed E-state index contributed by atoms with van der Waals surface area (Å²) >= 11 is 0. The predicted molar refractivity (Wildman–Crippen MR) is 85.3 cm³/mol. The van der Waals surface area contributed by atoms with E-state index < -0.39 is 5.54 Å². The van der Waals surface area contributed by atoms with Gasteiger partial charge in [0.05, 0.1) is 7.11 Å². The summed E-state index contributed by atoms with van der Waals surface area (Å²) in [5.41, 5.74) is 2.09. The molecule has 2 aromatic carbocycles. The Bertz CT molecular complexity index is 592. The number of hydrogen-bond donors (Lipinski definition) is 1. The predicted octanol–water partition coefficient (Wildman–Crippen LogP) is 3.75. The van der Waals surface area contributed by atoms with Crippen molar-refractivity contribution in [1.82, 2.24) is 0 Å². The largest absolute Gasteiger partial charge is 0.467 e. The maximum Gasteiger partial charge on any atom is 0.335 e. The Morgan fingerprint density at radius 1 is 1.10 bits per heavy atom. The highest BCUT2D eigenvalue weighted by molar-refractivity contribution is 5.85. The van der Waals surface area contributed by atoms with Gasteiger partial charge in [0.2, 0.25) is 0 Å². The maximum atomic E-state index is 12.3. The second-order valence-corrected chi connectivity index (χ2v) is 5.16. The van der Waals surface area contributed by atoms with Crippen LogP contribution in [0, 0.1) is 0 Å². The van der Waals surface area contributed by atoms with Crippen LogP contribution in [0.3, 0.4) is 0 Å². The van der Waals surface area contributed by atoms with Gasteiger partial charge in [-0.2, -0.15) is 0 Å². The van der Waals surface area contributed by atoms with Crippen molar-refractivity contribution in [3.8, 4) is 0 Å². The average Bonchev–Trinajstić information content (AvgIpc) is 2.55. The topological polar surface area (TPSA) is 38.3 Å². The van der Waals surface area contributed by atoms with E-state index in [2.05, 4.69) is 12.2 Å². The fourth-order valence-electron chi connectivity index (χ4n) is 2.33. The number of para-hydroxylation sites is 1. The first kappa shape index (κ1) is 15.1. The van der Waals surface area contributed by atoms with Crippen LogP contribution >= 0.6 is 0 Å². The number of rotatable bonds is 5. The molecule has 0 radical (unpaired) electrons. The van der Waals surface area contributed by atoms with Crippen LogP contribution in [0.5, 0.6) is 0 Å². The minimum Gasteiger partial charge on any atom is -0.467 e. The number of anilines is 1. The molecule has 0 bridgehead atoms. The zero-order chi connectivity index (χ0) is 15.3. The van der Waals surface area contributed by atoms with Crippen LogP contribution in [0.2, 0.25) is 0 Å². The van der Waals surface area contributed by atoms with Gasteiger partial charge in [-0.3, -0.25) is 0 Å². The minimum atomic E-state index is -0.914. The van der Waals surface area contributed by atoms with E-state index in [4.69, 9.17) is 4.74 Å². The number of benzene rings is 2. The molecule has 0 spiro atoms. The fourth-order valence-corrected chi connectivity index (χ4v) is 2.33. The first-order valence-corrected chi connectivity index (χ1v) is 7.11. The lowest BCUT2D eigenvalue weighted by Gasteiger charge is -2.29. The van der Waals surface area contributed by atoms with Gasteiger partial charge < -0.3 is 10.1 Å². The summed E-state index contributed by atoms with van der Waals surface area (Å²) in [5.74, 6) is -0.310. The van der Waals surface area contributed by atoms with Gasteiger partial charge in [0, 0.05) is 5.69 Å². The van der Waals surface area contributed by atoms with Gasteiger partial charge in [0.15, 0.2) is 5.54 Å². The van der Waals surface area contributed by atoms with Crippen LogP contribution in [-0.4, -0.2) is 13.1 Å². The van der Waals surface area contributed by atoms with Crippen molar-refractivity contribution in [3.05, 3.63) is 65.7 Å². The van der Waals surface area contributed by atoms with E-state index in [0.29, 0.717) is 0 Å². The second-order valence-electron chi connectivity index (χ2n) is 5.16. The number of esters is 1. The third kappa shape index (κ3) is 3.24. The highest BCUT2D eigenvalue weighted by atomic mass is 16.5. The Labute approximate surface area is 126 Å². The average molecular weight is 283 g/mol. The van der Waals surface area contributed by atoms with Gasteiger partial charge >= 0.3 is 5.97 Å². The number of hydrogen-bond acceptors (Lipinski definition) is 3. The Hall–Kier alpha value is -2.29. The number of carbonyl (C=O) groups is 1. The molecule has 0 amide bonds. The lowest BCUT2D eigenvalue weighted by molar-refractivity contribution is -0.145. The molecule has 0 fully saturated rings. The minimum absolute atomic E-state index is 0.310. The Morgan fingerprint density at radius 3 is 2.24 bits per heavy atom. The zero-order valence-corrected chi connectivity index (χ0v) is 12.7. The number of aryl methyl sites for hydroxylation is 1. The van der Waals surface area contributed by atoms with Gasteiger partial charge in [-0.05, 0) is 36.6 Å². The van der Waals surface area contributed by atoms with Crippen molar-refractivity contribution in [3.63, 3.8) is 0 Å². The molecule has 2 aromatic rings. The third-order valence-electron chi connectivity index (χ3n) is 3.70. The van der Waals surface area contributed by atoms with Gasteiger partial charge in [-0.25, -0.2) is 4.79 Å². The molecule has 0 heterocycles. The van der Waals surface area contributed by atoms with E-state index >= 15 is 0 Å². The molecule has 0 aliphatic rings. The van der Waals surface area contributed by atoms with E-state index in [-0.39, 0.29) is 5.97 Å². The van der Waals surface area contributed by atoms with Crippen LogP contribution in [0.15, 0.2) is 54.6 Å². The van der Waals surface area contributed by atoms with Crippen molar-refractivity contribution < 1.29 is 9.53 Å². The normalized spacial score (nSPS) is 13.3. The molecular weight excluding hydrogens is 262 g/mol. The number of ether oxygens (including phenoxy) is 1. The number of nitrogens with one attached hydrogen (secondary N) is 1. The molecule has 2 rings (SSSR count). The zero-order valence-electron chi connectivity index (χ0n) is 12.7. The van der Waals surface area contributed by atoms with Crippen LogP contribution in [0.1, 0.15) is 25.0 Å². The molecule has 3 heteroatoms.